The number of hydrogen-bond acceptors (Lipinski definition) is 4. The van der Waals surface area contributed by atoms with Gasteiger partial charge in [-0.1, -0.05) is 17.7 Å². The van der Waals surface area contributed by atoms with Gasteiger partial charge in [0.1, 0.15) is 0 Å². The highest BCUT2D eigenvalue weighted by atomic mass is 35.5. The lowest BCUT2D eigenvalue weighted by Gasteiger charge is -2.01. The highest BCUT2D eigenvalue weighted by molar-refractivity contribution is 6.31. The maximum absolute atomic E-state index is 10.7. The van der Waals surface area contributed by atoms with Crippen LogP contribution in [0.3, 0.4) is 0 Å². The van der Waals surface area contributed by atoms with Crippen LogP contribution in [-0.4, -0.2) is 14.9 Å². The zero-order valence-corrected chi connectivity index (χ0v) is 9.46. The monoisotopic (exact) mass is 249 g/mol. The van der Waals surface area contributed by atoms with Crippen molar-refractivity contribution in [2.75, 3.05) is 0 Å². The van der Waals surface area contributed by atoms with Crippen LogP contribution in [-0.2, 0) is 6.42 Å². The number of nitrogens with zero attached hydrogens (tertiary/aromatic N) is 3. The third kappa shape index (κ3) is 2.76. The zero-order valence-electron chi connectivity index (χ0n) is 8.71. The SMILES string of the molecule is O=[N+]([O-])c1cc(Cc2cccnc2)cnc1Cl. The summed E-state index contributed by atoms with van der Waals surface area (Å²) in [5.74, 6) is 0. The Hall–Kier alpha value is -2.01. The van der Waals surface area contributed by atoms with E-state index in [0.29, 0.717) is 6.42 Å². The van der Waals surface area contributed by atoms with Crippen LogP contribution < -0.4 is 0 Å². The maximum Gasteiger partial charge on any atom is 0.306 e. The van der Waals surface area contributed by atoms with E-state index in [4.69, 9.17) is 11.6 Å². The van der Waals surface area contributed by atoms with Crippen molar-refractivity contribution in [2.45, 2.75) is 6.42 Å². The van der Waals surface area contributed by atoms with Crippen LogP contribution >= 0.6 is 11.6 Å². The number of nitro groups is 1. The molecule has 2 aromatic heterocycles. The second-order valence-corrected chi connectivity index (χ2v) is 3.81. The van der Waals surface area contributed by atoms with Gasteiger partial charge in [-0.2, -0.15) is 0 Å². The van der Waals surface area contributed by atoms with E-state index in [2.05, 4.69) is 9.97 Å². The summed E-state index contributed by atoms with van der Waals surface area (Å²) in [5, 5.41) is 10.6. The molecular weight excluding hydrogens is 242 g/mol. The van der Waals surface area contributed by atoms with Gasteiger partial charge in [0.15, 0.2) is 0 Å². The molecule has 0 aliphatic heterocycles. The average Bonchev–Trinajstić information content (AvgIpc) is 2.32. The fourth-order valence-corrected chi connectivity index (χ4v) is 1.61. The van der Waals surface area contributed by atoms with E-state index in [1.807, 2.05) is 12.1 Å². The van der Waals surface area contributed by atoms with Crippen molar-refractivity contribution in [3.63, 3.8) is 0 Å². The molecule has 0 aliphatic rings. The molecule has 0 saturated carbocycles. The van der Waals surface area contributed by atoms with Crippen LogP contribution in [0.1, 0.15) is 11.1 Å². The number of rotatable bonds is 3. The molecule has 6 heteroatoms. The summed E-state index contributed by atoms with van der Waals surface area (Å²) in [6.45, 7) is 0. The minimum Gasteiger partial charge on any atom is -0.264 e. The van der Waals surface area contributed by atoms with E-state index in [9.17, 15) is 10.1 Å². The van der Waals surface area contributed by atoms with Crippen molar-refractivity contribution in [2.24, 2.45) is 0 Å². The summed E-state index contributed by atoms with van der Waals surface area (Å²) in [7, 11) is 0. The Bertz CT molecular complexity index is 546. The summed E-state index contributed by atoms with van der Waals surface area (Å²) in [6.07, 6.45) is 5.45. The van der Waals surface area contributed by atoms with Crippen LogP contribution in [0, 0.1) is 10.1 Å². The molecule has 0 amide bonds. The van der Waals surface area contributed by atoms with E-state index >= 15 is 0 Å². The first kappa shape index (κ1) is 11.5. The first-order chi connectivity index (χ1) is 8.16. The molecule has 2 rings (SSSR count). The Morgan fingerprint density at radius 2 is 2.18 bits per heavy atom. The largest absolute Gasteiger partial charge is 0.306 e. The molecule has 0 spiro atoms. The van der Waals surface area contributed by atoms with Crippen molar-refractivity contribution >= 4 is 17.3 Å². The standard InChI is InChI=1S/C11H8ClN3O2/c12-11-10(15(16)17)5-9(7-14-11)4-8-2-1-3-13-6-8/h1-3,5-7H,4H2. The summed E-state index contributed by atoms with van der Waals surface area (Å²) >= 11 is 5.63. The van der Waals surface area contributed by atoms with Crippen LogP contribution in [0.15, 0.2) is 36.8 Å². The van der Waals surface area contributed by atoms with Crippen molar-refractivity contribution in [3.05, 3.63) is 63.2 Å². The van der Waals surface area contributed by atoms with Crippen molar-refractivity contribution in [3.8, 4) is 0 Å². The molecule has 0 aromatic carbocycles. The van der Waals surface area contributed by atoms with Crippen molar-refractivity contribution in [1.82, 2.24) is 9.97 Å². The van der Waals surface area contributed by atoms with Crippen LogP contribution in [0.25, 0.3) is 0 Å². The first-order valence-electron chi connectivity index (χ1n) is 4.84. The van der Waals surface area contributed by atoms with E-state index in [1.54, 1.807) is 12.4 Å². The molecular formula is C11H8ClN3O2. The fraction of sp³-hybridized carbons (Fsp3) is 0.0909. The summed E-state index contributed by atoms with van der Waals surface area (Å²) in [4.78, 5) is 17.9. The highest BCUT2D eigenvalue weighted by Gasteiger charge is 2.14. The minimum absolute atomic E-state index is 0.0927. The predicted octanol–water partition coefficient (Wildman–Crippen LogP) is 2.63. The van der Waals surface area contributed by atoms with Crippen LogP contribution in [0.4, 0.5) is 5.69 Å². The predicted molar refractivity (Wildman–Crippen MR) is 62.9 cm³/mol. The normalized spacial score (nSPS) is 10.2. The molecule has 0 aliphatic carbocycles. The van der Waals surface area contributed by atoms with Crippen molar-refractivity contribution < 1.29 is 4.92 Å². The van der Waals surface area contributed by atoms with Gasteiger partial charge < -0.3 is 0 Å². The van der Waals surface area contributed by atoms with E-state index in [0.717, 1.165) is 11.1 Å². The highest BCUT2D eigenvalue weighted by Crippen LogP contribution is 2.23. The molecule has 0 N–H and O–H groups in total. The molecule has 2 aromatic rings. The number of pyridine rings is 2. The van der Waals surface area contributed by atoms with Gasteiger partial charge in [0.25, 0.3) is 0 Å². The average molecular weight is 250 g/mol. The van der Waals surface area contributed by atoms with Gasteiger partial charge in [-0.15, -0.1) is 0 Å². The quantitative estimate of drug-likeness (QED) is 0.476. The second-order valence-electron chi connectivity index (χ2n) is 3.45. The van der Waals surface area contributed by atoms with Gasteiger partial charge >= 0.3 is 5.69 Å². The van der Waals surface area contributed by atoms with E-state index in [1.165, 1.54) is 12.3 Å². The van der Waals surface area contributed by atoms with Crippen molar-refractivity contribution in [1.29, 1.82) is 0 Å². The maximum atomic E-state index is 10.7. The molecule has 0 atom stereocenters. The Morgan fingerprint density at radius 1 is 1.35 bits per heavy atom. The van der Waals surface area contributed by atoms with E-state index in [-0.39, 0.29) is 10.8 Å². The third-order valence-corrected chi connectivity index (χ3v) is 2.50. The molecule has 0 unspecified atom stereocenters. The third-order valence-electron chi connectivity index (χ3n) is 2.20. The van der Waals surface area contributed by atoms with Gasteiger partial charge in [-0.25, -0.2) is 4.98 Å². The molecule has 0 saturated heterocycles. The van der Waals surface area contributed by atoms with E-state index < -0.39 is 4.92 Å². The lowest BCUT2D eigenvalue weighted by molar-refractivity contribution is -0.385. The zero-order chi connectivity index (χ0) is 12.3. The number of hydrogen-bond donors (Lipinski definition) is 0. The summed E-state index contributed by atoms with van der Waals surface area (Å²) in [6, 6.07) is 5.14. The van der Waals surface area contributed by atoms with Gasteiger partial charge in [0, 0.05) is 31.1 Å². The second kappa shape index (κ2) is 4.88. The molecule has 17 heavy (non-hydrogen) atoms. The fourth-order valence-electron chi connectivity index (χ4n) is 1.44. The number of halogens is 1. The number of aromatic nitrogens is 2. The molecule has 5 nitrogen and oxygen atoms in total. The van der Waals surface area contributed by atoms with Gasteiger partial charge in [0.2, 0.25) is 5.15 Å². The van der Waals surface area contributed by atoms with Crippen LogP contribution in [0.5, 0.6) is 0 Å². The lowest BCUT2D eigenvalue weighted by atomic mass is 10.1. The topological polar surface area (TPSA) is 68.9 Å². The van der Waals surface area contributed by atoms with Crippen LogP contribution in [0.2, 0.25) is 5.15 Å². The summed E-state index contributed by atoms with van der Waals surface area (Å²) in [5.41, 5.74) is 1.52. The Balaban J connectivity index is 2.29. The molecule has 2 heterocycles. The first-order valence-corrected chi connectivity index (χ1v) is 5.22. The molecule has 0 fully saturated rings. The Kier molecular flexibility index (Phi) is 3.30. The van der Waals surface area contributed by atoms with Gasteiger partial charge in [-0.3, -0.25) is 15.1 Å². The lowest BCUT2D eigenvalue weighted by Crippen LogP contribution is -1.95. The minimum atomic E-state index is -0.540. The summed E-state index contributed by atoms with van der Waals surface area (Å²) < 4.78 is 0. The van der Waals surface area contributed by atoms with Gasteiger partial charge in [0.05, 0.1) is 4.92 Å². The molecule has 0 bridgehead atoms. The smallest absolute Gasteiger partial charge is 0.264 e. The Morgan fingerprint density at radius 3 is 2.82 bits per heavy atom. The Labute approximate surface area is 102 Å². The van der Waals surface area contributed by atoms with Gasteiger partial charge in [-0.05, 0) is 17.2 Å². The molecule has 86 valence electrons. The molecule has 0 radical (unpaired) electrons.